The molecule has 9 heteroatoms. The van der Waals surface area contributed by atoms with E-state index in [4.69, 9.17) is 11.5 Å². The Morgan fingerprint density at radius 2 is 2.10 bits per heavy atom. The summed E-state index contributed by atoms with van der Waals surface area (Å²) in [5.74, 6) is -1.02. The van der Waals surface area contributed by atoms with Crippen LogP contribution in [0.1, 0.15) is 0 Å². The monoisotopic (exact) mass is 310 g/mol. The van der Waals surface area contributed by atoms with E-state index in [0.717, 1.165) is 0 Å². The van der Waals surface area contributed by atoms with Crippen molar-refractivity contribution in [3.05, 3.63) is 30.5 Å². The fourth-order valence-electron chi connectivity index (χ4n) is 1.75. The number of carbonyl (C=O) groups is 1. The third-order valence-electron chi connectivity index (χ3n) is 2.85. The van der Waals surface area contributed by atoms with E-state index in [1.54, 1.807) is 12.1 Å². The highest BCUT2D eigenvalue weighted by molar-refractivity contribution is 7.89. The quantitative estimate of drug-likeness (QED) is 0.517. The molecule has 8 nitrogen and oxygen atoms in total. The number of nitrogens with two attached hydrogens (primary N) is 2. The van der Waals surface area contributed by atoms with Gasteiger partial charge in [0.2, 0.25) is 15.9 Å². The largest absolute Gasteiger partial charge is 0.398 e. The van der Waals surface area contributed by atoms with Crippen molar-refractivity contribution in [2.24, 2.45) is 5.73 Å². The number of carbonyl (C=O) groups excluding carboxylic acids is 1. The molecule has 1 amide bonds. The maximum Gasteiger partial charge on any atom is 0.247 e. The molecule has 0 saturated carbocycles. The molecule has 2 rings (SSSR count). The van der Waals surface area contributed by atoms with E-state index in [0.29, 0.717) is 11.1 Å². The second-order valence-electron chi connectivity index (χ2n) is 4.32. The minimum atomic E-state index is -3.97. The van der Waals surface area contributed by atoms with Crippen molar-refractivity contribution in [1.82, 2.24) is 9.71 Å². The minimum absolute atomic E-state index is 0.0935. The highest BCUT2D eigenvalue weighted by Gasteiger charge is 2.21. The average molecular weight is 310 g/mol. The Bertz CT molecular complexity index is 791. The van der Waals surface area contributed by atoms with Crippen LogP contribution in [-0.4, -0.2) is 37.1 Å². The second-order valence-corrected chi connectivity index (χ2v) is 6.06. The fourth-order valence-corrected chi connectivity index (χ4v) is 2.95. The van der Waals surface area contributed by atoms with Crippen molar-refractivity contribution in [2.45, 2.75) is 11.0 Å². The summed E-state index contributed by atoms with van der Waals surface area (Å²) in [5.41, 5.74) is 11.2. The van der Waals surface area contributed by atoms with Crippen LogP contribution in [0.15, 0.2) is 35.4 Å². The first-order chi connectivity index (χ1) is 9.83. The van der Waals surface area contributed by atoms with E-state index in [9.17, 15) is 18.3 Å². The molecule has 1 aromatic carbocycles. The van der Waals surface area contributed by atoms with Gasteiger partial charge in [-0.05, 0) is 24.3 Å². The summed E-state index contributed by atoms with van der Waals surface area (Å²) in [4.78, 5) is 14.6. The second kappa shape index (κ2) is 5.64. The highest BCUT2D eigenvalue weighted by atomic mass is 32.2. The summed E-state index contributed by atoms with van der Waals surface area (Å²) in [7, 11) is -3.97. The SMILES string of the molecule is NC(=O)C(O)CNS(=O)(=O)c1ccc(N)c2cccnc12. The van der Waals surface area contributed by atoms with Crippen molar-refractivity contribution < 1.29 is 18.3 Å². The number of hydrogen-bond acceptors (Lipinski definition) is 6. The topological polar surface area (TPSA) is 148 Å². The van der Waals surface area contributed by atoms with Crippen LogP contribution in [0.4, 0.5) is 5.69 Å². The Labute approximate surface area is 120 Å². The van der Waals surface area contributed by atoms with Gasteiger partial charge in [0.05, 0.1) is 5.52 Å². The number of rotatable bonds is 5. The van der Waals surface area contributed by atoms with Crippen LogP contribution >= 0.6 is 0 Å². The molecule has 0 aliphatic carbocycles. The van der Waals surface area contributed by atoms with Crippen LogP contribution in [0.5, 0.6) is 0 Å². The lowest BCUT2D eigenvalue weighted by atomic mass is 10.2. The number of primary amides is 1. The van der Waals surface area contributed by atoms with E-state index in [2.05, 4.69) is 9.71 Å². The highest BCUT2D eigenvalue weighted by Crippen LogP contribution is 2.25. The van der Waals surface area contributed by atoms with E-state index >= 15 is 0 Å². The Morgan fingerprint density at radius 3 is 2.76 bits per heavy atom. The zero-order valence-electron chi connectivity index (χ0n) is 10.9. The summed E-state index contributed by atoms with van der Waals surface area (Å²) in [6, 6.07) is 6.04. The van der Waals surface area contributed by atoms with Crippen molar-refractivity contribution in [1.29, 1.82) is 0 Å². The standard InChI is InChI=1S/C12H14N4O4S/c13-8-3-4-10(11-7(8)2-1-5-15-11)21(19,20)16-6-9(17)12(14)18/h1-5,9,16-17H,6,13H2,(H2,14,18). The number of sulfonamides is 1. The van der Waals surface area contributed by atoms with Gasteiger partial charge in [0, 0.05) is 23.8 Å². The van der Waals surface area contributed by atoms with Gasteiger partial charge in [-0.25, -0.2) is 13.1 Å². The van der Waals surface area contributed by atoms with Gasteiger partial charge < -0.3 is 16.6 Å². The number of fused-ring (bicyclic) bond motifs is 1. The van der Waals surface area contributed by atoms with Gasteiger partial charge in [-0.2, -0.15) is 0 Å². The molecule has 1 aromatic heterocycles. The molecule has 0 saturated heterocycles. The summed E-state index contributed by atoms with van der Waals surface area (Å²) in [5, 5.41) is 9.75. The normalized spacial score (nSPS) is 13.2. The molecule has 0 aliphatic rings. The third-order valence-corrected chi connectivity index (χ3v) is 4.31. The predicted octanol–water partition coefficient (Wildman–Crippen LogP) is -1.06. The molecule has 1 heterocycles. The van der Waals surface area contributed by atoms with Gasteiger partial charge in [0.15, 0.2) is 0 Å². The number of amides is 1. The van der Waals surface area contributed by atoms with Gasteiger partial charge >= 0.3 is 0 Å². The Kier molecular flexibility index (Phi) is 4.07. The van der Waals surface area contributed by atoms with Crippen LogP contribution in [0.25, 0.3) is 10.9 Å². The number of pyridine rings is 1. The molecule has 21 heavy (non-hydrogen) atoms. The van der Waals surface area contributed by atoms with Crippen LogP contribution in [-0.2, 0) is 14.8 Å². The molecule has 1 atom stereocenters. The molecular formula is C12H14N4O4S. The first-order valence-corrected chi connectivity index (χ1v) is 7.41. The average Bonchev–Trinajstić information content (AvgIpc) is 2.45. The van der Waals surface area contributed by atoms with Gasteiger partial charge in [-0.3, -0.25) is 9.78 Å². The lowest BCUT2D eigenvalue weighted by molar-refractivity contribution is -0.125. The van der Waals surface area contributed by atoms with Gasteiger partial charge in [0.25, 0.3) is 0 Å². The van der Waals surface area contributed by atoms with Gasteiger partial charge in [-0.15, -0.1) is 0 Å². The number of nitrogens with one attached hydrogen (secondary N) is 1. The number of benzene rings is 1. The zero-order valence-corrected chi connectivity index (χ0v) is 11.7. The predicted molar refractivity (Wildman–Crippen MR) is 76.5 cm³/mol. The van der Waals surface area contributed by atoms with Gasteiger partial charge in [0.1, 0.15) is 11.0 Å². The summed E-state index contributed by atoms with van der Waals surface area (Å²) < 4.78 is 26.6. The molecule has 0 aliphatic heterocycles. The molecule has 1 unspecified atom stereocenters. The lowest BCUT2D eigenvalue weighted by Gasteiger charge is -2.11. The molecule has 0 radical (unpaired) electrons. The molecule has 0 spiro atoms. The van der Waals surface area contributed by atoms with E-state index in [-0.39, 0.29) is 10.4 Å². The van der Waals surface area contributed by atoms with Crippen LogP contribution < -0.4 is 16.2 Å². The smallest absolute Gasteiger partial charge is 0.247 e. The summed E-state index contributed by atoms with van der Waals surface area (Å²) >= 11 is 0. The van der Waals surface area contributed by atoms with Gasteiger partial charge in [-0.1, -0.05) is 0 Å². The Hall–Kier alpha value is -2.23. The first kappa shape index (κ1) is 15.2. The molecule has 0 fully saturated rings. The van der Waals surface area contributed by atoms with Crippen molar-refractivity contribution in [3.8, 4) is 0 Å². The number of anilines is 1. The number of aromatic nitrogens is 1. The van der Waals surface area contributed by atoms with Crippen molar-refractivity contribution in [3.63, 3.8) is 0 Å². The fraction of sp³-hybridized carbons (Fsp3) is 0.167. The first-order valence-electron chi connectivity index (χ1n) is 5.93. The lowest BCUT2D eigenvalue weighted by Crippen LogP contribution is -2.40. The van der Waals surface area contributed by atoms with E-state index < -0.39 is 28.6 Å². The minimum Gasteiger partial charge on any atom is -0.398 e. The van der Waals surface area contributed by atoms with Crippen LogP contribution in [0, 0.1) is 0 Å². The molecule has 0 bridgehead atoms. The maximum atomic E-state index is 12.2. The molecule has 6 N–H and O–H groups in total. The van der Waals surface area contributed by atoms with Crippen LogP contribution in [0.2, 0.25) is 0 Å². The number of aliphatic hydroxyl groups excluding tert-OH is 1. The van der Waals surface area contributed by atoms with Crippen LogP contribution in [0.3, 0.4) is 0 Å². The Balaban J connectivity index is 2.41. The summed E-state index contributed by atoms with van der Waals surface area (Å²) in [6.45, 7) is -0.517. The number of nitrogens with zero attached hydrogens (tertiary/aromatic N) is 1. The van der Waals surface area contributed by atoms with E-state index in [1.807, 2.05) is 0 Å². The molecule has 112 valence electrons. The van der Waals surface area contributed by atoms with Crippen molar-refractivity contribution in [2.75, 3.05) is 12.3 Å². The van der Waals surface area contributed by atoms with Crippen molar-refractivity contribution >= 4 is 32.5 Å². The summed E-state index contributed by atoms with van der Waals surface area (Å²) in [6.07, 6.45) is -0.160. The molecular weight excluding hydrogens is 296 g/mol. The number of nitrogen functional groups attached to an aromatic ring is 1. The molecule has 2 aromatic rings. The third kappa shape index (κ3) is 3.10. The van der Waals surface area contributed by atoms with E-state index in [1.165, 1.54) is 18.3 Å². The zero-order chi connectivity index (χ0) is 15.6. The maximum absolute atomic E-state index is 12.2. The number of hydrogen-bond donors (Lipinski definition) is 4. The number of aliphatic hydroxyl groups is 1. The Morgan fingerprint density at radius 1 is 1.38 bits per heavy atom.